The van der Waals surface area contributed by atoms with Crippen LogP contribution in [0.15, 0.2) is 0 Å². The zero-order valence-electron chi connectivity index (χ0n) is 4.86. The molecule has 4 heteroatoms. The van der Waals surface area contributed by atoms with E-state index in [4.69, 9.17) is 39.9 Å². The predicted molar refractivity (Wildman–Crippen MR) is 41.5 cm³/mol. The Morgan fingerprint density at radius 3 is 2.22 bits per heavy atom. The van der Waals surface area contributed by atoms with Crippen LogP contribution in [0.25, 0.3) is 0 Å². The van der Waals surface area contributed by atoms with Crippen molar-refractivity contribution < 1.29 is 5.11 Å². The van der Waals surface area contributed by atoms with Crippen LogP contribution in [0, 0.1) is 0 Å². The number of hydrogen-bond donors (Lipinski definition) is 1. The van der Waals surface area contributed by atoms with E-state index in [9.17, 15) is 0 Å². The topological polar surface area (TPSA) is 20.2 Å². The van der Waals surface area contributed by atoms with E-state index >= 15 is 0 Å². The van der Waals surface area contributed by atoms with Gasteiger partial charge in [0, 0.05) is 5.88 Å². The van der Waals surface area contributed by atoms with Crippen molar-refractivity contribution >= 4 is 34.8 Å². The van der Waals surface area contributed by atoms with Gasteiger partial charge in [0.2, 0.25) is 0 Å². The first kappa shape index (κ1) is 9.83. The Labute approximate surface area is 69.9 Å². The van der Waals surface area contributed by atoms with Crippen molar-refractivity contribution in [3.63, 3.8) is 0 Å². The molecule has 2 unspecified atom stereocenters. The van der Waals surface area contributed by atoms with Crippen LogP contribution in [-0.2, 0) is 0 Å². The highest BCUT2D eigenvalue weighted by Gasteiger charge is 2.11. The smallest absolute Gasteiger partial charge is 0.144 e. The van der Waals surface area contributed by atoms with Gasteiger partial charge in [-0.1, -0.05) is 11.6 Å². The van der Waals surface area contributed by atoms with E-state index in [0.717, 1.165) is 6.42 Å². The summed E-state index contributed by atoms with van der Waals surface area (Å²) in [7, 11) is 0. The minimum absolute atomic E-state index is 0.370. The lowest BCUT2D eigenvalue weighted by Gasteiger charge is -2.07. The van der Waals surface area contributed by atoms with Gasteiger partial charge in [0.15, 0.2) is 0 Å². The van der Waals surface area contributed by atoms with Crippen molar-refractivity contribution in [2.75, 3.05) is 5.88 Å². The Balaban J connectivity index is 3.16. The summed E-state index contributed by atoms with van der Waals surface area (Å²) < 4.78 is 0. The fourth-order valence-electron chi connectivity index (χ4n) is 0.410. The molecule has 0 aromatic heterocycles. The molecule has 0 bridgehead atoms. The van der Waals surface area contributed by atoms with Crippen molar-refractivity contribution in [1.82, 2.24) is 0 Å². The van der Waals surface area contributed by atoms with Crippen LogP contribution in [0.2, 0.25) is 0 Å². The van der Waals surface area contributed by atoms with Crippen LogP contribution in [0.4, 0.5) is 0 Å². The van der Waals surface area contributed by atoms with Crippen molar-refractivity contribution in [3.05, 3.63) is 0 Å². The van der Waals surface area contributed by atoms with Crippen molar-refractivity contribution in [2.24, 2.45) is 0 Å². The Hall–Kier alpha value is 0.830. The molecular formula is C5H9Cl3O. The fraction of sp³-hybridized carbons (Fsp3) is 1.00. The zero-order chi connectivity index (χ0) is 7.28. The first-order valence-electron chi connectivity index (χ1n) is 2.70. The Bertz CT molecular complexity index is 67.2. The molecule has 0 spiro atoms. The van der Waals surface area contributed by atoms with Gasteiger partial charge in [-0.2, -0.15) is 0 Å². The molecule has 0 heterocycles. The van der Waals surface area contributed by atoms with Crippen LogP contribution in [0.1, 0.15) is 12.8 Å². The number of halogens is 3. The number of alkyl halides is 3. The number of aliphatic hydroxyl groups excluding tert-OH is 1. The summed E-state index contributed by atoms with van der Waals surface area (Å²) in [4.78, 5) is 0. The predicted octanol–water partition coefficient (Wildman–Crippen LogP) is 2.17. The molecule has 2 atom stereocenters. The third-order valence-electron chi connectivity index (χ3n) is 0.912. The maximum absolute atomic E-state index is 8.64. The van der Waals surface area contributed by atoms with E-state index in [-0.39, 0.29) is 5.38 Å². The molecule has 9 heavy (non-hydrogen) atoms. The summed E-state index contributed by atoms with van der Waals surface area (Å²) >= 11 is 16.2. The zero-order valence-corrected chi connectivity index (χ0v) is 7.12. The lowest BCUT2D eigenvalue weighted by atomic mass is 10.2. The first-order chi connectivity index (χ1) is 4.18. The van der Waals surface area contributed by atoms with E-state index in [1.165, 1.54) is 0 Å². The van der Waals surface area contributed by atoms with Crippen molar-refractivity contribution in [2.45, 2.75) is 23.8 Å². The molecule has 1 N–H and O–H groups in total. The van der Waals surface area contributed by atoms with Crippen LogP contribution in [0.3, 0.4) is 0 Å². The first-order valence-corrected chi connectivity index (χ1v) is 4.11. The molecule has 0 aliphatic carbocycles. The molecule has 1 nitrogen and oxygen atoms in total. The largest absolute Gasteiger partial charge is 0.376 e. The summed E-state index contributed by atoms with van der Waals surface area (Å²) in [6.07, 6.45) is 1.45. The van der Waals surface area contributed by atoms with Gasteiger partial charge >= 0.3 is 0 Å². The lowest BCUT2D eigenvalue weighted by Crippen LogP contribution is -2.13. The highest BCUT2D eigenvalue weighted by molar-refractivity contribution is 6.29. The minimum atomic E-state index is -0.949. The number of rotatable bonds is 4. The normalized spacial score (nSPS) is 17.3. The summed E-state index contributed by atoms with van der Waals surface area (Å²) in [5.41, 5.74) is -0.949. The van der Waals surface area contributed by atoms with E-state index in [0.29, 0.717) is 12.3 Å². The van der Waals surface area contributed by atoms with Gasteiger partial charge in [0.1, 0.15) is 5.56 Å². The monoisotopic (exact) mass is 190 g/mol. The second-order valence-corrected chi connectivity index (χ2v) is 3.11. The second-order valence-electron chi connectivity index (χ2n) is 1.72. The third kappa shape index (κ3) is 5.28. The Morgan fingerprint density at radius 2 is 1.89 bits per heavy atom. The molecule has 0 aromatic carbocycles. The maximum atomic E-state index is 8.64. The molecule has 0 radical (unpaired) electrons. The summed E-state index contributed by atoms with van der Waals surface area (Å²) in [5, 5.41) is 8.27. The van der Waals surface area contributed by atoms with Crippen LogP contribution in [0.5, 0.6) is 0 Å². The standard InChI is InChI=1S/C5H9Cl3O/c6-3-1-2-4(7)5(8)9/h4-5,9H,1-3H2. The molecule has 0 aliphatic rings. The molecule has 0 saturated heterocycles. The summed E-state index contributed by atoms with van der Waals surface area (Å²) in [5.74, 6) is 0.562. The summed E-state index contributed by atoms with van der Waals surface area (Å²) in [6.45, 7) is 0. The van der Waals surface area contributed by atoms with Gasteiger partial charge in [-0.05, 0) is 12.8 Å². The van der Waals surface area contributed by atoms with E-state index in [1.807, 2.05) is 0 Å². The van der Waals surface area contributed by atoms with E-state index in [1.54, 1.807) is 0 Å². The maximum Gasteiger partial charge on any atom is 0.144 e. The molecule has 0 fully saturated rings. The van der Waals surface area contributed by atoms with Gasteiger partial charge in [-0.25, -0.2) is 0 Å². The molecule has 0 saturated carbocycles. The number of aliphatic hydroxyl groups is 1. The van der Waals surface area contributed by atoms with Gasteiger partial charge in [0.25, 0.3) is 0 Å². The SMILES string of the molecule is OC(Cl)C(Cl)CCCCl. The average molecular weight is 191 g/mol. The number of hydrogen-bond acceptors (Lipinski definition) is 1. The molecule has 0 amide bonds. The van der Waals surface area contributed by atoms with Crippen LogP contribution in [-0.4, -0.2) is 21.9 Å². The molecule has 0 aliphatic heterocycles. The molecule has 0 rings (SSSR count). The van der Waals surface area contributed by atoms with E-state index in [2.05, 4.69) is 0 Å². The second kappa shape index (κ2) is 5.60. The highest BCUT2D eigenvalue weighted by atomic mass is 35.5. The molecular weight excluding hydrogens is 182 g/mol. The minimum Gasteiger partial charge on any atom is -0.376 e. The van der Waals surface area contributed by atoms with Crippen LogP contribution >= 0.6 is 34.8 Å². The van der Waals surface area contributed by atoms with Crippen molar-refractivity contribution in [3.8, 4) is 0 Å². The van der Waals surface area contributed by atoms with Crippen molar-refractivity contribution in [1.29, 1.82) is 0 Å². The van der Waals surface area contributed by atoms with E-state index < -0.39 is 5.56 Å². The van der Waals surface area contributed by atoms with Gasteiger partial charge in [-0.3, -0.25) is 0 Å². The highest BCUT2D eigenvalue weighted by Crippen LogP contribution is 2.13. The average Bonchev–Trinajstić information content (AvgIpc) is 1.82. The van der Waals surface area contributed by atoms with Gasteiger partial charge in [-0.15, -0.1) is 23.2 Å². The Kier molecular flexibility index (Phi) is 6.12. The molecule has 0 aromatic rings. The fourth-order valence-corrected chi connectivity index (χ4v) is 0.844. The quantitative estimate of drug-likeness (QED) is 0.675. The Morgan fingerprint density at radius 1 is 1.33 bits per heavy atom. The van der Waals surface area contributed by atoms with Crippen LogP contribution < -0.4 is 0 Å². The van der Waals surface area contributed by atoms with Gasteiger partial charge < -0.3 is 5.11 Å². The third-order valence-corrected chi connectivity index (χ3v) is 2.07. The molecule has 56 valence electrons. The summed E-state index contributed by atoms with van der Waals surface area (Å²) in [6, 6.07) is 0. The van der Waals surface area contributed by atoms with Gasteiger partial charge in [0.05, 0.1) is 5.38 Å². The lowest BCUT2D eigenvalue weighted by molar-refractivity contribution is 0.245.